The van der Waals surface area contributed by atoms with Crippen LogP contribution in [-0.2, 0) is 9.59 Å². The summed E-state index contributed by atoms with van der Waals surface area (Å²) in [4.78, 5) is 23.5. The first kappa shape index (κ1) is 19.8. The number of hydrogen-bond acceptors (Lipinski definition) is 5. The van der Waals surface area contributed by atoms with E-state index in [1.807, 2.05) is 19.1 Å². The zero-order valence-electron chi connectivity index (χ0n) is 15.4. The molecular weight excluding hydrogens is 348 g/mol. The van der Waals surface area contributed by atoms with Gasteiger partial charge in [-0.05, 0) is 42.8 Å². The van der Waals surface area contributed by atoms with Gasteiger partial charge in [0.1, 0.15) is 5.75 Å². The third-order valence-electron chi connectivity index (χ3n) is 3.55. The lowest BCUT2D eigenvalue weighted by Gasteiger charge is -2.08. The van der Waals surface area contributed by atoms with E-state index in [9.17, 15) is 9.59 Å². The number of ether oxygens (including phenoxy) is 3. The molecule has 0 radical (unpaired) electrons. The molecule has 142 valence electrons. The molecule has 0 aromatic heterocycles. The van der Waals surface area contributed by atoms with Crippen LogP contribution in [0, 0.1) is 6.92 Å². The number of methoxy groups -OCH3 is 2. The minimum absolute atomic E-state index is 0.206. The molecule has 0 spiro atoms. The van der Waals surface area contributed by atoms with Gasteiger partial charge in [-0.25, -0.2) is 0 Å². The van der Waals surface area contributed by atoms with Gasteiger partial charge in [0.2, 0.25) is 0 Å². The fraction of sp³-hybridized carbons (Fsp3) is 0.200. The Kier molecular flexibility index (Phi) is 7.25. The molecule has 0 bridgehead atoms. The smallest absolute Gasteiger partial charge is 0.276 e. The van der Waals surface area contributed by atoms with Gasteiger partial charge in [-0.2, -0.15) is 0 Å². The van der Waals surface area contributed by atoms with Crippen LogP contribution in [0.3, 0.4) is 0 Å². The molecule has 0 aliphatic heterocycles. The van der Waals surface area contributed by atoms with Crippen LogP contribution in [-0.4, -0.2) is 32.6 Å². The second-order valence-corrected chi connectivity index (χ2v) is 5.59. The second-order valence-electron chi connectivity index (χ2n) is 5.59. The van der Waals surface area contributed by atoms with Crippen molar-refractivity contribution in [2.75, 3.05) is 20.8 Å². The standard InChI is InChI=1S/C20H22N2O5/c1-14-4-8-16(9-5-14)27-13-20(24)22-21-19(23)11-7-15-6-10-17(25-2)18(12-15)26-3/h4-12H,13H2,1-3H3,(H,21,23)(H,22,24)/b11-7+. The highest BCUT2D eigenvalue weighted by atomic mass is 16.5. The van der Waals surface area contributed by atoms with E-state index < -0.39 is 11.8 Å². The van der Waals surface area contributed by atoms with E-state index in [0.717, 1.165) is 11.1 Å². The highest BCUT2D eigenvalue weighted by Crippen LogP contribution is 2.27. The third-order valence-corrected chi connectivity index (χ3v) is 3.55. The first-order chi connectivity index (χ1) is 13.0. The average Bonchev–Trinajstić information content (AvgIpc) is 2.69. The minimum Gasteiger partial charge on any atom is -0.493 e. The average molecular weight is 370 g/mol. The van der Waals surface area contributed by atoms with Gasteiger partial charge in [-0.1, -0.05) is 23.8 Å². The maximum absolute atomic E-state index is 11.8. The topological polar surface area (TPSA) is 85.9 Å². The van der Waals surface area contributed by atoms with Crippen LogP contribution in [0.1, 0.15) is 11.1 Å². The lowest BCUT2D eigenvalue weighted by atomic mass is 10.2. The normalized spacial score (nSPS) is 10.3. The quantitative estimate of drug-likeness (QED) is 0.577. The number of hydrazine groups is 1. The Balaban J connectivity index is 1.78. The highest BCUT2D eigenvalue weighted by Gasteiger charge is 2.05. The molecule has 7 nitrogen and oxygen atoms in total. The largest absolute Gasteiger partial charge is 0.493 e. The van der Waals surface area contributed by atoms with Crippen molar-refractivity contribution in [2.24, 2.45) is 0 Å². The summed E-state index contributed by atoms with van der Waals surface area (Å²) in [7, 11) is 3.08. The van der Waals surface area contributed by atoms with Gasteiger partial charge in [0, 0.05) is 6.08 Å². The SMILES string of the molecule is COc1ccc(/C=C/C(=O)NNC(=O)COc2ccc(C)cc2)cc1OC. The Labute approximate surface area is 157 Å². The third kappa shape index (κ3) is 6.39. The Morgan fingerprint density at radius 3 is 2.33 bits per heavy atom. The van der Waals surface area contributed by atoms with Crippen LogP contribution >= 0.6 is 0 Å². The van der Waals surface area contributed by atoms with Crippen molar-refractivity contribution in [3.8, 4) is 17.2 Å². The molecular formula is C20H22N2O5. The van der Waals surface area contributed by atoms with E-state index >= 15 is 0 Å². The number of nitrogens with one attached hydrogen (secondary N) is 2. The lowest BCUT2D eigenvalue weighted by molar-refractivity contribution is -0.128. The predicted octanol–water partition coefficient (Wildman–Crippen LogP) is 2.25. The minimum atomic E-state index is -0.478. The molecule has 0 atom stereocenters. The number of carbonyl (C=O) groups is 2. The summed E-state index contributed by atoms with van der Waals surface area (Å²) in [5, 5.41) is 0. The van der Waals surface area contributed by atoms with Crippen molar-refractivity contribution in [3.05, 3.63) is 59.7 Å². The molecule has 7 heteroatoms. The number of amides is 2. The monoisotopic (exact) mass is 370 g/mol. The molecule has 0 saturated heterocycles. The van der Waals surface area contributed by atoms with Crippen molar-refractivity contribution in [1.82, 2.24) is 10.9 Å². The molecule has 0 heterocycles. The van der Waals surface area contributed by atoms with Gasteiger partial charge >= 0.3 is 0 Å². The molecule has 0 aliphatic carbocycles. The molecule has 2 rings (SSSR count). The molecule has 27 heavy (non-hydrogen) atoms. The van der Waals surface area contributed by atoms with Gasteiger partial charge in [0.05, 0.1) is 14.2 Å². The van der Waals surface area contributed by atoms with Crippen LogP contribution in [0.4, 0.5) is 0 Å². The number of rotatable bonds is 7. The number of carbonyl (C=O) groups excluding carboxylic acids is 2. The molecule has 2 N–H and O–H groups in total. The fourth-order valence-corrected chi connectivity index (χ4v) is 2.12. The lowest BCUT2D eigenvalue weighted by Crippen LogP contribution is -2.43. The van der Waals surface area contributed by atoms with Crippen molar-refractivity contribution >= 4 is 17.9 Å². The summed E-state index contributed by atoms with van der Waals surface area (Å²) in [6, 6.07) is 12.6. The predicted molar refractivity (Wildman–Crippen MR) is 102 cm³/mol. The Morgan fingerprint density at radius 1 is 0.963 bits per heavy atom. The van der Waals surface area contributed by atoms with Crippen LogP contribution in [0.15, 0.2) is 48.5 Å². The van der Waals surface area contributed by atoms with Gasteiger partial charge in [-0.15, -0.1) is 0 Å². The summed E-state index contributed by atoms with van der Waals surface area (Å²) in [5.74, 6) is 0.786. The van der Waals surface area contributed by atoms with Crippen LogP contribution in [0.25, 0.3) is 6.08 Å². The Morgan fingerprint density at radius 2 is 1.67 bits per heavy atom. The first-order valence-corrected chi connectivity index (χ1v) is 8.20. The summed E-state index contributed by atoms with van der Waals surface area (Å²) in [5.41, 5.74) is 6.41. The van der Waals surface area contributed by atoms with E-state index in [4.69, 9.17) is 14.2 Å². The molecule has 0 fully saturated rings. The summed E-state index contributed by atoms with van der Waals surface area (Å²) in [6.07, 6.45) is 2.88. The van der Waals surface area contributed by atoms with Crippen molar-refractivity contribution in [1.29, 1.82) is 0 Å². The zero-order chi connectivity index (χ0) is 19.6. The highest BCUT2D eigenvalue weighted by molar-refractivity contribution is 5.93. The second kappa shape index (κ2) is 9.86. The van der Waals surface area contributed by atoms with Crippen LogP contribution in [0.5, 0.6) is 17.2 Å². The molecule has 0 unspecified atom stereocenters. The maximum Gasteiger partial charge on any atom is 0.276 e. The van der Waals surface area contributed by atoms with Crippen molar-refractivity contribution in [2.45, 2.75) is 6.92 Å². The summed E-state index contributed by atoms with van der Waals surface area (Å²) in [6.45, 7) is 1.75. The van der Waals surface area contributed by atoms with E-state index in [-0.39, 0.29) is 6.61 Å². The van der Waals surface area contributed by atoms with Gasteiger partial charge in [-0.3, -0.25) is 20.4 Å². The van der Waals surface area contributed by atoms with E-state index in [1.54, 1.807) is 43.5 Å². The van der Waals surface area contributed by atoms with Gasteiger partial charge < -0.3 is 14.2 Å². The molecule has 0 saturated carbocycles. The molecule has 2 aromatic carbocycles. The molecule has 2 amide bonds. The van der Waals surface area contributed by atoms with E-state index in [0.29, 0.717) is 17.2 Å². The van der Waals surface area contributed by atoms with Crippen LogP contribution in [0.2, 0.25) is 0 Å². The summed E-state index contributed by atoms with van der Waals surface area (Å²) >= 11 is 0. The van der Waals surface area contributed by atoms with Gasteiger partial charge in [0.25, 0.3) is 11.8 Å². The number of aryl methyl sites for hydroxylation is 1. The maximum atomic E-state index is 11.8. The molecule has 2 aromatic rings. The zero-order valence-corrected chi connectivity index (χ0v) is 15.4. The number of hydrogen-bond donors (Lipinski definition) is 2. The van der Waals surface area contributed by atoms with E-state index in [2.05, 4.69) is 10.9 Å². The van der Waals surface area contributed by atoms with Gasteiger partial charge in [0.15, 0.2) is 18.1 Å². The first-order valence-electron chi connectivity index (χ1n) is 8.20. The van der Waals surface area contributed by atoms with Crippen molar-refractivity contribution in [3.63, 3.8) is 0 Å². The number of benzene rings is 2. The van der Waals surface area contributed by atoms with Crippen LogP contribution < -0.4 is 25.1 Å². The summed E-state index contributed by atoms with van der Waals surface area (Å²) < 4.78 is 15.7. The van der Waals surface area contributed by atoms with Crippen molar-refractivity contribution < 1.29 is 23.8 Å². The Hall–Kier alpha value is -3.48. The molecule has 0 aliphatic rings. The fourth-order valence-electron chi connectivity index (χ4n) is 2.12. The Bertz CT molecular complexity index is 816. The van der Waals surface area contributed by atoms with E-state index in [1.165, 1.54) is 13.2 Å².